The van der Waals surface area contributed by atoms with Gasteiger partial charge >= 0.3 is 6.18 Å². The molecule has 0 aliphatic heterocycles. The fourth-order valence-electron chi connectivity index (χ4n) is 2.31. The summed E-state index contributed by atoms with van der Waals surface area (Å²) < 4.78 is 84.8. The average molecular weight is 427 g/mol. The fraction of sp³-hybridized carbons (Fsp3) is 0.0952. The van der Waals surface area contributed by atoms with Crippen LogP contribution in [0.4, 0.5) is 26.3 Å². The highest BCUT2D eigenvalue weighted by Crippen LogP contribution is 2.36. The largest absolute Gasteiger partial charge is 0.457 e. The van der Waals surface area contributed by atoms with E-state index in [-0.39, 0.29) is 12.3 Å². The van der Waals surface area contributed by atoms with E-state index in [9.17, 15) is 31.1 Å². The lowest BCUT2D eigenvalue weighted by Gasteiger charge is -2.13. The number of nitrogens with one attached hydrogen (secondary N) is 1. The SMILES string of the molecule is C=C/C=C(\C=C/CNC(=O)c1c(F)ccc(F)c1F)Oc1ccccc1C(F)(F)F. The molecule has 0 aromatic heterocycles. The standard InChI is InChI=1S/C21H15F6NO2/c1-2-6-13(30-17-9-4-3-8-14(17)21(25,26)27)7-5-12-28-20(29)18-15(22)10-11-16(23)19(18)24/h2-11H,1,12H2,(H,28,29)/b7-5-,13-6+. The number of alkyl halides is 3. The maximum absolute atomic E-state index is 13.6. The van der Waals surface area contributed by atoms with E-state index in [4.69, 9.17) is 4.74 Å². The Morgan fingerprint density at radius 1 is 1.07 bits per heavy atom. The van der Waals surface area contributed by atoms with Crippen LogP contribution in [0.25, 0.3) is 0 Å². The lowest BCUT2D eigenvalue weighted by atomic mass is 10.1. The molecule has 3 nitrogen and oxygen atoms in total. The molecule has 2 aromatic carbocycles. The lowest BCUT2D eigenvalue weighted by Crippen LogP contribution is -2.26. The van der Waals surface area contributed by atoms with Crippen LogP contribution in [0.1, 0.15) is 15.9 Å². The number of carbonyl (C=O) groups is 1. The van der Waals surface area contributed by atoms with E-state index in [0.717, 1.165) is 12.1 Å². The predicted molar refractivity (Wildman–Crippen MR) is 98.1 cm³/mol. The smallest absolute Gasteiger partial charge is 0.419 e. The van der Waals surface area contributed by atoms with Crippen molar-refractivity contribution in [3.05, 3.63) is 102 Å². The quantitative estimate of drug-likeness (QED) is 0.272. The van der Waals surface area contributed by atoms with Gasteiger partial charge in [-0.3, -0.25) is 4.79 Å². The molecule has 9 heteroatoms. The van der Waals surface area contributed by atoms with Gasteiger partial charge < -0.3 is 10.1 Å². The van der Waals surface area contributed by atoms with E-state index in [0.29, 0.717) is 12.1 Å². The number of amides is 1. The third-order valence-corrected chi connectivity index (χ3v) is 3.64. The highest BCUT2D eigenvalue weighted by molar-refractivity contribution is 5.94. The van der Waals surface area contributed by atoms with Gasteiger partial charge in [-0.15, -0.1) is 0 Å². The number of benzene rings is 2. The molecule has 0 bridgehead atoms. The van der Waals surface area contributed by atoms with Gasteiger partial charge in [-0.1, -0.05) is 30.9 Å². The Balaban J connectivity index is 2.09. The second-order valence-electron chi connectivity index (χ2n) is 5.73. The molecule has 0 aliphatic carbocycles. The molecular weight excluding hydrogens is 412 g/mol. The first kappa shape index (κ1) is 22.8. The van der Waals surface area contributed by atoms with E-state index in [1.54, 1.807) is 0 Å². The first-order chi connectivity index (χ1) is 14.1. The molecule has 0 atom stereocenters. The highest BCUT2D eigenvalue weighted by Gasteiger charge is 2.34. The number of hydrogen-bond acceptors (Lipinski definition) is 2. The molecular formula is C21H15F6NO2. The normalized spacial score (nSPS) is 12.1. The third kappa shape index (κ3) is 5.76. The van der Waals surface area contributed by atoms with Crippen LogP contribution in [0.3, 0.4) is 0 Å². The van der Waals surface area contributed by atoms with Crippen molar-refractivity contribution in [1.82, 2.24) is 5.32 Å². The van der Waals surface area contributed by atoms with Crippen molar-refractivity contribution in [2.45, 2.75) is 6.18 Å². The van der Waals surface area contributed by atoms with Crippen molar-refractivity contribution in [2.75, 3.05) is 6.54 Å². The first-order valence-corrected chi connectivity index (χ1v) is 8.40. The Morgan fingerprint density at radius 2 is 1.73 bits per heavy atom. The number of hydrogen-bond donors (Lipinski definition) is 1. The summed E-state index contributed by atoms with van der Waals surface area (Å²) in [5.74, 6) is -5.95. The lowest BCUT2D eigenvalue weighted by molar-refractivity contribution is -0.138. The predicted octanol–water partition coefficient (Wildman–Crippen LogP) is 5.56. The van der Waals surface area contributed by atoms with E-state index >= 15 is 0 Å². The van der Waals surface area contributed by atoms with Gasteiger partial charge in [-0.05, 0) is 36.4 Å². The zero-order valence-corrected chi connectivity index (χ0v) is 15.3. The van der Waals surface area contributed by atoms with Crippen molar-refractivity contribution < 1.29 is 35.9 Å². The van der Waals surface area contributed by atoms with Gasteiger partial charge in [0.25, 0.3) is 5.91 Å². The van der Waals surface area contributed by atoms with Crippen molar-refractivity contribution >= 4 is 5.91 Å². The van der Waals surface area contributed by atoms with Crippen LogP contribution in [0, 0.1) is 17.5 Å². The summed E-state index contributed by atoms with van der Waals surface area (Å²) in [5.41, 5.74) is -2.07. The van der Waals surface area contributed by atoms with Crippen molar-refractivity contribution in [2.24, 2.45) is 0 Å². The van der Waals surface area contributed by atoms with Crippen LogP contribution in [0.5, 0.6) is 5.75 Å². The molecule has 0 spiro atoms. The summed E-state index contributed by atoms with van der Waals surface area (Å²) >= 11 is 0. The maximum Gasteiger partial charge on any atom is 0.419 e. The second kappa shape index (κ2) is 9.82. The summed E-state index contributed by atoms with van der Waals surface area (Å²) in [7, 11) is 0. The Morgan fingerprint density at radius 3 is 2.40 bits per heavy atom. The zero-order chi connectivity index (χ0) is 22.3. The van der Waals surface area contributed by atoms with E-state index in [1.807, 2.05) is 0 Å². The number of ether oxygens (including phenoxy) is 1. The van der Waals surface area contributed by atoms with Crippen molar-refractivity contribution in [3.8, 4) is 5.75 Å². The zero-order valence-electron chi connectivity index (χ0n) is 15.3. The van der Waals surface area contributed by atoms with Gasteiger partial charge in [-0.2, -0.15) is 13.2 Å². The molecule has 0 unspecified atom stereocenters. The fourth-order valence-corrected chi connectivity index (χ4v) is 2.31. The Bertz CT molecular complexity index is 995. The van der Waals surface area contributed by atoms with Gasteiger partial charge in [0.15, 0.2) is 11.6 Å². The average Bonchev–Trinajstić information content (AvgIpc) is 2.68. The molecule has 0 radical (unpaired) electrons. The van der Waals surface area contributed by atoms with Crippen LogP contribution in [0.15, 0.2) is 73.0 Å². The molecule has 0 saturated heterocycles. The molecule has 0 heterocycles. The molecule has 0 aliphatic rings. The summed E-state index contributed by atoms with van der Waals surface area (Å²) in [5, 5.41) is 2.14. The number of para-hydroxylation sites is 1. The minimum absolute atomic E-state index is 0.0425. The number of allylic oxidation sites excluding steroid dienone is 3. The second-order valence-corrected chi connectivity index (χ2v) is 5.73. The third-order valence-electron chi connectivity index (χ3n) is 3.64. The molecule has 158 valence electrons. The van der Waals surface area contributed by atoms with Gasteiger partial charge in [0.05, 0.1) is 5.56 Å². The van der Waals surface area contributed by atoms with E-state index in [2.05, 4.69) is 11.9 Å². The molecule has 1 amide bonds. The Hall–Kier alpha value is -3.49. The monoisotopic (exact) mass is 427 g/mol. The van der Waals surface area contributed by atoms with Crippen LogP contribution in [-0.2, 0) is 6.18 Å². The minimum Gasteiger partial charge on any atom is -0.457 e. The van der Waals surface area contributed by atoms with Crippen LogP contribution < -0.4 is 10.1 Å². The topological polar surface area (TPSA) is 38.3 Å². The number of carbonyl (C=O) groups excluding carboxylic acids is 1. The van der Waals surface area contributed by atoms with Gasteiger partial charge in [0.1, 0.15) is 22.9 Å². The maximum atomic E-state index is 13.6. The summed E-state index contributed by atoms with van der Waals surface area (Å²) in [6, 6.07) is 5.71. The molecule has 30 heavy (non-hydrogen) atoms. The summed E-state index contributed by atoms with van der Waals surface area (Å²) in [6.07, 6.45) is 0.405. The number of halogens is 6. The van der Waals surface area contributed by atoms with Crippen LogP contribution in [-0.4, -0.2) is 12.5 Å². The van der Waals surface area contributed by atoms with Crippen LogP contribution in [0.2, 0.25) is 0 Å². The number of rotatable bonds is 7. The van der Waals surface area contributed by atoms with E-state index < -0.39 is 46.4 Å². The Labute approximate surface area is 168 Å². The Kier molecular flexibility index (Phi) is 7.46. The molecule has 2 aromatic rings. The summed E-state index contributed by atoms with van der Waals surface area (Å²) in [4.78, 5) is 11.9. The molecule has 0 saturated carbocycles. The van der Waals surface area contributed by atoms with Gasteiger partial charge in [0.2, 0.25) is 0 Å². The highest BCUT2D eigenvalue weighted by atomic mass is 19.4. The van der Waals surface area contributed by atoms with Crippen molar-refractivity contribution in [1.29, 1.82) is 0 Å². The van der Waals surface area contributed by atoms with E-state index in [1.165, 1.54) is 36.4 Å². The molecule has 0 fully saturated rings. The van der Waals surface area contributed by atoms with Gasteiger partial charge in [0, 0.05) is 6.54 Å². The van der Waals surface area contributed by atoms with Gasteiger partial charge in [-0.25, -0.2) is 13.2 Å². The van der Waals surface area contributed by atoms with Crippen molar-refractivity contribution in [3.63, 3.8) is 0 Å². The van der Waals surface area contributed by atoms with Crippen LogP contribution >= 0.6 is 0 Å². The molecule has 2 rings (SSSR count). The first-order valence-electron chi connectivity index (χ1n) is 8.40. The molecule has 1 N–H and O–H groups in total. The summed E-state index contributed by atoms with van der Waals surface area (Å²) in [6.45, 7) is 3.17. The minimum atomic E-state index is -4.63.